The van der Waals surface area contributed by atoms with Crippen molar-refractivity contribution in [3.8, 4) is 5.75 Å². The number of halogens is 1. The van der Waals surface area contributed by atoms with Gasteiger partial charge in [0, 0.05) is 12.6 Å². The van der Waals surface area contributed by atoms with Gasteiger partial charge in [-0.2, -0.15) is 0 Å². The summed E-state index contributed by atoms with van der Waals surface area (Å²) in [4.78, 5) is 16.8. The van der Waals surface area contributed by atoms with Crippen LogP contribution in [0.2, 0.25) is 5.02 Å². The van der Waals surface area contributed by atoms with Crippen LogP contribution < -0.4 is 10.1 Å². The minimum atomic E-state index is -0.336. The first-order chi connectivity index (χ1) is 11.2. The Balaban J connectivity index is 2.28. The largest absolute Gasteiger partial charge is 0.487 e. The van der Waals surface area contributed by atoms with Gasteiger partial charge in [0.15, 0.2) is 5.71 Å². The van der Waals surface area contributed by atoms with Crippen molar-refractivity contribution in [3.05, 3.63) is 64.7 Å². The highest BCUT2D eigenvalue weighted by Crippen LogP contribution is 2.24. The van der Waals surface area contributed by atoms with E-state index in [1.54, 1.807) is 18.2 Å². The third kappa shape index (κ3) is 4.23. The summed E-state index contributed by atoms with van der Waals surface area (Å²) in [5, 5.41) is 6.90. The molecule has 0 heterocycles. The monoisotopic (exact) mass is 332 g/mol. The van der Waals surface area contributed by atoms with Gasteiger partial charge in [0.1, 0.15) is 19.5 Å². The Kier molecular flexibility index (Phi) is 6.00. The summed E-state index contributed by atoms with van der Waals surface area (Å²) in [7, 11) is 2.93. The highest BCUT2D eigenvalue weighted by molar-refractivity contribution is 6.45. The molecule has 0 aliphatic carbocycles. The molecule has 0 fully saturated rings. The fourth-order valence-corrected chi connectivity index (χ4v) is 2.21. The summed E-state index contributed by atoms with van der Waals surface area (Å²) >= 11 is 6.08. The van der Waals surface area contributed by atoms with Crippen LogP contribution in [0.15, 0.2) is 53.7 Å². The van der Waals surface area contributed by atoms with E-state index in [-0.39, 0.29) is 18.2 Å². The standard InChI is InChI=1S/C17H17ClN2O3/c1-19-17(21)16(20-22-2)13-8-4-3-7-12(13)11-23-15-10-6-5-9-14(15)18/h3-10H,11H2,1-2H3,(H,19,21)/b20-16-. The molecule has 1 amide bonds. The van der Waals surface area contributed by atoms with Crippen molar-refractivity contribution in [2.24, 2.45) is 5.16 Å². The van der Waals surface area contributed by atoms with E-state index in [4.69, 9.17) is 21.2 Å². The van der Waals surface area contributed by atoms with Gasteiger partial charge in [-0.15, -0.1) is 0 Å². The Morgan fingerprint density at radius 1 is 1.17 bits per heavy atom. The Hall–Kier alpha value is -2.53. The maximum Gasteiger partial charge on any atom is 0.273 e. The number of hydrogen-bond donors (Lipinski definition) is 1. The molecule has 2 aromatic carbocycles. The van der Waals surface area contributed by atoms with Gasteiger partial charge in [-0.25, -0.2) is 0 Å². The molecule has 0 unspecified atom stereocenters. The molecule has 0 aromatic heterocycles. The van der Waals surface area contributed by atoms with E-state index in [1.807, 2.05) is 30.3 Å². The van der Waals surface area contributed by atoms with E-state index < -0.39 is 0 Å². The molecule has 0 bridgehead atoms. The number of likely N-dealkylation sites (N-methyl/N-ethyl adjacent to an activating group) is 1. The summed E-state index contributed by atoms with van der Waals surface area (Å²) < 4.78 is 5.75. The first kappa shape index (κ1) is 16.8. The molecule has 2 rings (SSSR count). The molecule has 0 saturated heterocycles. The quantitative estimate of drug-likeness (QED) is 0.653. The van der Waals surface area contributed by atoms with E-state index in [9.17, 15) is 4.79 Å². The number of oxime groups is 1. The second-order valence-corrected chi connectivity index (χ2v) is 4.99. The minimum Gasteiger partial charge on any atom is -0.487 e. The molecule has 0 saturated carbocycles. The maximum absolute atomic E-state index is 12.0. The van der Waals surface area contributed by atoms with Gasteiger partial charge in [0.2, 0.25) is 0 Å². The number of ether oxygens (including phenoxy) is 1. The zero-order valence-electron chi connectivity index (χ0n) is 12.9. The molecule has 2 aromatic rings. The highest BCUT2D eigenvalue weighted by atomic mass is 35.5. The van der Waals surface area contributed by atoms with Crippen LogP contribution in [0.4, 0.5) is 0 Å². The first-order valence-corrected chi connectivity index (χ1v) is 7.34. The molecular weight excluding hydrogens is 316 g/mol. The molecule has 120 valence electrons. The number of nitrogens with one attached hydrogen (secondary N) is 1. The van der Waals surface area contributed by atoms with Crippen LogP contribution in [0.3, 0.4) is 0 Å². The van der Waals surface area contributed by atoms with Crippen LogP contribution in [0.5, 0.6) is 5.75 Å². The molecule has 23 heavy (non-hydrogen) atoms. The number of para-hydroxylation sites is 1. The average Bonchev–Trinajstić information content (AvgIpc) is 2.59. The topological polar surface area (TPSA) is 59.9 Å². The number of hydrogen-bond acceptors (Lipinski definition) is 4. The average molecular weight is 333 g/mol. The van der Waals surface area contributed by atoms with Gasteiger partial charge in [0.25, 0.3) is 5.91 Å². The normalized spacial score (nSPS) is 11.0. The molecule has 0 radical (unpaired) electrons. The fourth-order valence-electron chi connectivity index (χ4n) is 2.02. The molecule has 0 aliphatic rings. The van der Waals surface area contributed by atoms with Crippen molar-refractivity contribution in [1.29, 1.82) is 0 Å². The number of nitrogens with zero attached hydrogens (tertiary/aromatic N) is 1. The SMILES string of the molecule is CNC(=O)/C(=N\OC)c1ccccc1COc1ccccc1Cl. The Morgan fingerprint density at radius 2 is 1.87 bits per heavy atom. The van der Waals surface area contributed by atoms with E-state index >= 15 is 0 Å². The molecule has 5 nitrogen and oxygen atoms in total. The van der Waals surface area contributed by atoms with Gasteiger partial charge >= 0.3 is 0 Å². The highest BCUT2D eigenvalue weighted by Gasteiger charge is 2.17. The van der Waals surface area contributed by atoms with Crippen molar-refractivity contribution in [2.75, 3.05) is 14.2 Å². The van der Waals surface area contributed by atoms with Gasteiger partial charge < -0.3 is 14.9 Å². The predicted molar refractivity (Wildman–Crippen MR) is 89.8 cm³/mol. The maximum atomic E-state index is 12.0. The van der Waals surface area contributed by atoms with Crippen LogP contribution in [0, 0.1) is 0 Å². The zero-order chi connectivity index (χ0) is 16.7. The number of rotatable bonds is 6. The van der Waals surface area contributed by atoms with Crippen LogP contribution >= 0.6 is 11.6 Å². The lowest BCUT2D eigenvalue weighted by molar-refractivity contribution is -0.114. The second kappa shape index (κ2) is 8.19. The minimum absolute atomic E-state index is 0.188. The molecule has 0 aliphatic heterocycles. The van der Waals surface area contributed by atoms with Gasteiger partial charge in [-0.05, 0) is 17.7 Å². The van der Waals surface area contributed by atoms with Crippen molar-refractivity contribution >= 4 is 23.2 Å². The zero-order valence-corrected chi connectivity index (χ0v) is 13.6. The lowest BCUT2D eigenvalue weighted by atomic mass is 10.0. The van der Waals surface area contributed by atoms with Crippen molar-refractivity contribution in [3.63, 3.8) is 0 Å². The number of carbonyl (C=O) groups excluding carboxylic acids is 1. The van der Waals surface area contributed by atoms with Crippen LogP contribution in [-0.2, 0) is 16.2 Å². The van der Waals surface area contributed by atoms with Gasteiger partial charge in [0.05, 0.1) is 5.02 Å². The second-order valence-electron chi connectivity index (χ2n) is 4.58. The first-order valence-electron chi connectivity index (χ1n) is 6.96. The fraction of sp³-hybridized carbons (Fsp3) is 0.176. The van der Waals surface area contributed by atoms with E-state index in [0.29, 0.717) is 16.3 Å². The summed E-state index contributed by atoms with van der Waals surface area (Å²) in [5.41, 5.74) is 1.63. The van der Waals surface area contributed by atoms with Crippen LogP contribution in [-0.4, -0.2) is 25.8 Å². The van der Waals surface area contributed by atoms with Crippen LogP contribution in [0.25, 0.3) is 0 Å². The molecular formula is C17H17ClN2O3. The summed E-state index contributed by atoms with van der Waals surface area (Å²) in [6.45, 7) is 0.250. The molecule has 0 atom stereocenters. The Labute approximate surface area is 139 Å². The Morgan fingerprint density at radius 3 is 2.57 bits per heavy atom. The van der Waals surface area contributed by atoms with E-state index in [2.05, 4.69) is 10.5 Å². The van der Waals surface area contributed by atoms with Gasteiger partial charge in [-0.3, -0.25) is 4.79 Å². The van der Waals surface area contributed by atoms with E-state index in [1.165, 1.54) is 14.2 Å². The third-order valence-corrected chi connectivity index (χ3v) is 3.43. The summed E-state index contributed by atoms with van der Waals surface area (Å²) in [6.07, 6.45) is 0. The third-order valence-electron chi connectivity index (χ3n) is 3.12. The van der Waals surface area contributed by atoms with Gasteiger partial charge in [-0.1, -0.05) is 53.2 Å². The Bertz CT molecular complexity index is 716. The number of amides is 1. The lowest BCUT2D eigenvalue weighted by Gasteiger charge is -2.12. The predicted octanol–water partition coefficient (Wildman–Crippen LogP) is 3.02. The molecule has 1 N–H and O–H groups in total. The lowest BCUT2D eigenvalue weighted by Crippen LogP contribution is -2.29. The van der Waals surface area contributed by atoms with E-state index in [0.717, 1.165) is 5.56 Å². The molecule has 0 spiro atoms. The van der Waals surface area contributed by atoms with Crippen LogP contribution in [0.1, 0.15) is 11.1 Å². The number of benzene rings is 2. The van der Waals surface area contributed by atoms with Crippen molar-refractivity contribution in [1.82, 2.24) is 5.32 Å². The smallest absolute Gasteiger partial charge is 0.273 e. The van der Waals surface area contributed by atoms with Crippen molar-refractivity contribution < 1.29 is 14.4 Å². The summed E-state index contributed by atoms with van der Waals surface area (Å²) in [6, 6.07) is 14.6. The molecule has 6 heteroatoms. The van der Waals surface area contributed by atoms with Crippen molar-refractivity contribution in [2.45, 2.75) is 6.61 Å². The summed E-state index contributed by atoms with van der Waals surface area (Å²) in [5.74, 6) is 0.242. The number of carbonyl (C=O) groups is 1.